The number of phenols is 1. The Morgan fingerprint density at radius 1 is 1.07 bits per heavy atom. The van der Waals surface area contributed by atoms with Gasteiger partial charge >= 0.3 is 5.97 Å². The molecule has 1 aliphatic rings. The lowest BCUT2D eigenvalue weighted by Gasteiger charge is -2.37. The number of aromatic nitrogens is 1. The smallest absolute Gasteiger partial charge is 0.303 e. The predicted molar refractivity (Wildman–Crippen MR) is 237 cm³/mol. The van der Waals surface area contributed by atoms with Crippen molar-refractivity contribution in [2.75, 3.05) is 58.9 Å². The number of piperidine rings is 1. The number of phenolic OH excluding ortho intramolecular Hbond substituents is 1. The number of esters is 1. The van der Waals surface area contributed by atoms with Gasteiger partial charge in [0.2, 0.25) is 11.8 Å². The number of Topliss-reactive ketones (excluding diaryl/α,β-unsaturated/α-hetero) is 1. The van der Waals surface area contributed by atoms with Crippen LogP contribution in [0.2, 0.25) is 0 Å². The van der Waals surface area contributed by atoms with Gasteiger partial charge in [0.05, 0.1) is 44.6 Å². The molecular formula is C45H72N6O9S. The van der Waals surface area contributed by atoms with E-state index in [9.17, 15) is 29.1 Å². The summed E-state index contributed by atoms with van der Waals surface area (Å²) in [6.45, 7) is 14.1. The maximum absolute atomic E-state index is 14.3. The molecule has 0 bridgehead atoms. The number of amides is 3. The predicted octanol–water partition coefficient (Wildman–Crippen LogP) is 5.89. The molecule has 1 fully saturated rings. The molecule has 0 unspecified atom stereocenters. The number of ether oxygens (including phenoxy) is 3. The number of nitrogens with zero attached hydrogens (tertiary/aromatic N) is 3. The number of likely N-dealkylation sites (tertiary alicyclic amines) is 1. The van der Waals surface area contributed by atoms with Gasteiger partial charge in [-0.15, -0.1) is 11.3 Å². The Bertz CT molecular complexity index is 1710. The monoisotopic (exact) mass is 873 g/mol. The lowest BCUT2D eigenvalue weighted by molar-refractivity contribution is -0.149. The minimum Gasteiger partial charge on any atom is -0.506 e. The van der Waals surface area contributed by atoms with Gasteiger partial charge in [0.15, 0.2) is 11.9 Å². The second kappa shape index (κ2) is 26.5. The summed E-state index contributed by atoms with van der Waals surface area (Å²) in [5, 5.41) is 18.4. The van der Waals surface area contributed by atoms with Crippen LogP contribution in [0.4, 0.5) is 5.69 Å². The Kier molecular flexibility index (Phi) is 22.3. The molecule has 3 amide bonds. The van der Waals surface area contributed by atoms with Crippen molar-refractivity contribution in [3.8, 4) is 5.75 Å². The number of nitrogens with one attached hydrogen (secondary N) is 2. The molecule has 5 N–H and O–H groups in total. The number of thiazole rings is 1. The highest BCUT2D eigenvalue weighted by atomic mass is 32.1. The number of anilines is 1. The van der Waals surface area contributed by atoms with Crippen molar-refractivity contribution in [1.29, 1.82) is 0 Å². The van der Waals surface area contributed by atoms with E-state index in [-0.39, 0.29) is 96.5 Å². The van der Waals surface area contributed by atoms with Gasteiger partial charge in [0.25, 0.3) is 5.91 Å². The highest BCUT2D eigenvalue weighted by Gasteiger charge is 2.37. The van der Waals surface area contributed by atoms with Crippen LogP contribution in [0.15, 0.2) is 23.6 Å². The van der Waals surface area contributed by atoms with Crippen LogP contribution in [0.25, 0.3) is 0 Å². The Morgan fingerprint density at radius 2 is 1.79 bits per heavy atom. The minimum atomic E-state index is -0.815. The fourth-order valence-corrected chi connectivity index (χ4v) is 8.66. The molecule has 16 heteroatoms. The van der Waals surface area contributed by atoms with Crippen molar-refractivity contribution in [2.24, 2.45) is 23.5 Å². The number of nitrogens with two attached hydrogens (primary N) is 1. The van der Waals surface area contributed by atoms with Crippen LogP contribution in [-0.4, -0.2) is 121 Å². The zero-order valence-corrected chi connectivity index (χ0v) is 38.5. The fourth-order valence-electron chi connectivity index (χ4n) is 7.82. The summed E-state index contributed by atoms with van der Waals surface area (Å²) >= 11 is 1.22. The van der Waals surface area contributed by atoms with Gasteiger partial charge in [0, 0.05) is 56.7 Å². The zero-order valence-electron chi connectivity index (χ0n) is 37.7. The topological polar surface area (TPSA) is 203 Å². The first-order valence-electron chi connectivity index (χ1n) is 22.0. The van der Waals surface area contributed by atoms with Crippen LogP contribution in [0, 0.1) is 17.8 Å². The lowest BCUT2D eigenvalue weighted by atomic mass is 9.83. The van der Waals surface area contributed by atoms with Crippen molar-refractivity contribution in [1.82, 2.24) is 20.1 Å². The van der Waals surface area contributed by atoms with E-state index in [1.54, 1.807) is 29.5 Å². The average Bonchev–Trinajstić information content (AvgIpc) is 3.72. The summed E-state index contributed by atoms with van der Waals surface area (Å²) in [5.74, 6) is -1.79. The summed E-state index contributed by atoms with van der Waals surface area (Å²) in [5.41, 5.74) is 6.64. The number of rotatable bonds is 27. The molecule has 1 aliphatic heterocycles. The third-order valence-corrected chi connectivity index (χ3v) is 12.5. The minimum absolute atomic E-state index is 0.00716. The molecule has 15 nitrogen and oxygen atoms in total. The molecule has 1 aromatic carbocycles. The Morgan fingerprint density at radius 3 is 2.43 bits per heavy atom. The summed E-state index contributed by atoms with van der Waals surface area (Å²) in [7, 11) is 3.75. The molecule has 61 heavy (non-hydrogen) atoms. The van der Waals surface area contributed by atoms with Crippen molar-refractivity contribution in [2.45, 2.75) is 130 Å². The van der Waals surface area contributed by atoms with Crippen LogP contribution >= 0.6 is 11.3 Å². The van der Waals surface area contributed by atoms with Gasteiger partial charge in [-0.3, -0.25) is 28.9 Å². The van der Waals surface area contributed by atoms with E-state index in [4.69, 9.17) is 19.9 Å². The number of aromatic hydroxyl groups is 1. The van der Waals surface area contributed by atoms with Gasteiger partial charge in [-0.1, -0.05) is 59.9 Å². The summed E-state index contributed by atoms with van der Waals surface area (Å²) < 4.78 is 16.5. The van der Waals surface area contributed by atoms with Crippen LogP contribution < -0.4 is 16.4 Å². The molecular weight excluding hydrogens is 801 g/mol. The second-order valence-electron chi connectivity index (χ2n) is 16.6. The lowest BCUT2D eigenvalue weighted by Crippen LogP contribution is -2.48. The normalized spacial score (nSPS) is 16.9. The molecule has 0 spiro atoms. The van der Waals surface area contributed by atoms with E-state index in [0.29, 0.717) is 44.2 Å². The first kappa shape index (κ1) is 51.4. The highest BCUT2D eigenvalue weighted by molar-refractivity contribution is 7.09. The van der Waals surface area contributed by atoms with Gasteiger partial charge in [-0.05, 0) is 68.8 Å². The molecule has 3 rings (SSSR count). The van der Waals surface area contributed by atoms with Gasteiger partial charge in [-0.25, -0.2) is 4.98 Å². The Hall–Kier alpha value is -3.96. The summed E-state index contributed by atoms with van der Waals surface area (Å²) in [6.07, 6.45) is 5.23. The molecule has 342 valence electrons. The number of carbonyl (C=O) groups is 5. The van der Waals surface area contributed by atoms with Crippen molar-refractivity contribution in [3.05, 3.63) is 39.8 Å². The zero-order chi connectivity index (χ0) is 45.1. The molecule has 1 saturated heterocycles. The van der Waals surface area contributed by atoms with E-state index >= 15 is 0 Å². The Balaban J connectivity index is 1.71. The van der Waals surface area contributed by atoms with Gasteiger partial charge in [0.1, 0.15) is 16.5 Å². The van der Waals surface area contributed by atoms with Crippen LogP contribution in [0.5, 0.6) is 5.75 Å². The molecule has 0 saturated carbocycles. The average molecular weight is 873 g/mol. The van der Waals surface area contributed by atoms with Gasteiger partial charge < -0.3 is 40.6 Å². The van der Waals surface area contributed by atoms with E-state index in [1.165, 1.54) is 24.3 Å². The second-order valence-corrected chi connectivity index (χ2v) is 17.5. The first-order chi connectivity index (χ1) is 29.1. The molecule has 0 radical (unpaired) electrons. The van der Waals surface area contributed by atoms with Crippen LogP contribution in [0.1, 0.15) is 126 Å². The molecule has 2 heterocycles. The molecule has 0 aliphatic carbocycles. The number of carbonyl (C=O) groups excluding carboxylic acids is 5. The largest absolute Gasteiger partial charge is 0.506 e. The number of likely N-dealkylation sites (N-methyl/N-ethyl adjacent to an activating group) is 1. The fraction of sp³-hybridized carbons (Fsp3) is 0.689. The maximum atomic E-state index is 14.3. The maximum Gasteiger partial charge on any atom is 0.303 e. The number of ketones is 1. The van der Waals surface area contributed by atoms with Crippen LogP contribution in [-0.2, 0) is 39.8 Å². The summed E-state index contributed by atoms with van der Waals surface area (Å²) in [6, 6.07) is 4.14. The number of hydrogen-bond acceptors (Lipinski definition) is 13. The highest BCUT2D eigenvalue weighted by Crippen LogP contribution is 2.33. The SMILES string of the molecule is CCC[C@@H](Cc1ccc(O)c(NC(=O)CCOCCOCCN)c1)NC(=O)c1csc([C@@H](C[C@H](C(C)C)N(C)C(=O)[C@@H](CC(=O)[C@H]2CCCCN2C)[C@@H](C)CC)OC(C)=O)n1. The van der Waals surface area contributed by atoms with E-state index in [2.05, 4.69) is 20.5 Å². The van der Waals surface area contributed by atoms with Gasteiger partial charge in [-0.2, -0.15) is 0 Å². The third kappa shape index (κ3) is 16.7. The Labute approximate surface area is 366 Å². The standard InChI is InChI=1S/C45H72N6O9S/c1-9-13-33(24-32-15-16-39(53)35(25-32)48-42(55)17-20-58-22-23-59-21-18-46)47-43(56)36-28-61-44(49-36)41(60-31(6)52)27-38(29(3)4)51(8)45(57)34(30(5)10-2)26-40(54)37-14-11-12-19-50(37)7/h15-16,25,28-30,33-34,37-38,41,53H,9-14,17-24,26-27,46H2,1-8H3,(H,47,56)(H,48,55)/t30-,33-,34-,37+,38+,41+/m0/s1. The summed E-state index contributed by atoms with van der Waals surface area (Å²) in [4.78, 5) is 75.1. The van der Waals surface area contributed by atoms with Crippen LogP contribution in [0.3, 0.4) is 0 Å². The number of benzene rings is 1. The van der Waals surface area contributed by atoms with Crippen molar-refractivity contribution in [3.63, 3.8) is 0 Å². The van der Waals surface area contributed by atoms with E-state index in [1.807, 2.05) is 41.7 Å². The molecule has 6 atom stereocenters. The first-order valence-corrected chi connectivity index (χ1v) is 22.9. The molecule has 1 aromatic heterocycles. The third-order valence-electron chi connectivity index (χ3n) is 11.5. The quantitative estimate of drug-likeness (QED) is 0.0472. The van der Waals surface area contributed by atoms with Crippen molar-refractivity contribution < 1.29 is 43.3 Å². The van der Waals surface area contributed by atoms with E-state index in [0.717, 1.165) is 44.2 Å². The number of hydrogen-bond donors (Lipinski definition) is 4. The van der Waals surface area contributed by atoms with Crippen molar-refractivity contribution >= 4 is 46.5 Å². The van der Waals surface area contributed by atoms with E-state index < -0.39 is 18.0 Å². The molecule has 2 aromatic rings.